The fraction of sp³-hybridized carbons (Fsp3) is 0.385. The van der Waals surface area contributed by atoms with Crippen molar-refractivity contribution in [2.75, 3.05) is 6.54 Å². The molecule has 0 atom stereocenters. The van der Waals surface area contributed by atoms with Gasteiger partial charge in [0, 0.05) is 23.6 Å². The third-order valence-electron chi connectivity index (χ3n) is 2.51. The summed E-state index contributed by atoms with van der Waals surface area (Å²) in [6, 6.07) is 7.36. The van der Waals surface area contributed by atoms with Gasteiger partial charge in [-0.2, -0.15) is 5.26 Å². The van der Waals surface area contributed by atoms with E-state index < -0.39 is 0 Å². The van der Waals surface area contributed by atoms with Gasteiger partial charge in [-0.05, 0) is 37.5 Å². The summed E-state index contributed by atoms with van der Waals surface area (Å²) < 4.78 is 0. The van der Waals surface area contributed by atoms with Crippen molar-refractivity contribution in [3.63, 3.8) is 0 Å². The van der Waals surface area contributed by atoms with Gasteiger partial charge in [-0.3, -0.25) is 4.79 Å². The third kappa shape index (κ3) is 4.08. The second-order valence-corrected chi connectivity index (χ2v) is 4.19. The molecule has 90 valence electrons. The van der Waals surface area contributed by atoms with Crippen LogP contribution in [0.4, 0.5) is 0 Å². The molecular formula is C13H15ClN2O. The molecule has 0 bridgehead atoms. The number of rotatable bonds is 5. The number of benzene rings is 1. The Balaban J connectivity index is 2.48. The molecule has 0 radical (unpaired) electrons. The summed E-state index contributed by atoms with van der Waals surface area (Å²) in [5, 5.41) is 11.8. The van der Waals surface area contributed by atoms with E-state index in [-0.39, 0.29) is 5.91 Å². The molecule has 0 aromatic heterocycles. The molecule has 3 nitrogen and oxygen atoms in total. The van der Waals surface area contributed by atoms with E-state index in [4.69, 9.17) is 16.9 Å². The van der Waals surface area contributed by atoms with Gasteiger partial charge < -0.3 is 5.32 Å². The number of halogens is 1. The predicted octanol–water partition coefficient (Wildman–Crippen LogP) is 3.07. The van der Waals surface area contributed by atoms with Crippen molar-refractivity contribution in [2.24, 2.45) is 0 Å². The topological polar surface area (TPSA) is 52.9 Å². The van der Waals surface area contributed by atoms with Crippen molar-refractivity contribution in [1.29, 1.82) is 5.26 Å². The second kappa shape index (κ2) is 6.93. The number of hydrogen-bond donors (Lipinski definition) is 1. The Morgan fingerprint density at radius 1 is 1.47 bits per heavy atom. The molecule has 0 aliphatic rings. The zero-order chi connectivity index (χ0) is 12.7. The van der Waals surface area contributed by atoms with Crippen LogP contribution in [0.3, 0.4) is 0 Å². The first-order valence-electron chi connectivity index (χ1n) is 5.57. The Hall–Kier alpha value is -1.53. The Morgan fingerprint density at radius 2 is 2.24 bits per heavy atom. The summed E-state index contributed by atoms with van der Waals surface area (Å²) in [4.78, 5) is 11.8. The number of amides is 1. The molecule has 17 heavy (non-hydrogen) atoms. The van der Waals surface area contributed by atoms with E-state index in [1.54, 1.807) is 18.2 Å². The van der Waals surface area contributed by atoms with E-state index in [9.17, 15) is 4.79 Å². The summed E-state index contributed by atoms with van der Waals surface area (Å²) in [6.45, 7) is 2.42. The maximum atomic E-state index is 11.8. The molecule has 1 N–H and O–H groups in total. The van der Waals surface area contributed by atoms with Crippen molar-refractivity contribution < 1.29 is 4.79 Å². The van der Waals surface area contributed by atoms with Crippen LogP contribution >= 0.6 is 11.6 Å². The summed E-state index contributed by atoms with van der Waals surface area (Å²) >= 11 is 5.94. The highest BCUT2D eigenvalue weighted by Gasteiger charge is 2.09. The molecule has 1 rings (SSSR count). The number of unbranched alkanes of at least 4 members (excludes halogenated alkanes) is 2. The number of hydrogen-bond acceptors (Lipinski definition) is 2. The van der Waals surface area contributed by atoms with Crippen molar-refractivity contribution in [3.8, 4) is 6.07 Å². The Bertz CT molecular complexity index is 438. The van der Waals surface area contributed by atoms with Crippen LogP contribution in [0.15, 0.2) is 18.2 Å². The number of nitrogens with one attached hydrogen (secondary N) is 1. The summed E-state index contributed by atoms with van der Waals surface area (Å²) in [6.07, 6.45) is 2.16. The molecule has 0 aliphatic carbocycles. The predicted molar refractivity (Wildman–Crippen MR) is 68.0 cm³/mol. The van der Waals surface area contributed by atoms with Gasteiger partial charge in [0.2, 0.25) is 0 Å². The van der Waals surface area contributed by atoms with E-state index >= 15 is 0 Å². The number of nitriles is 1. The number of nitrogens with zero attached hydrogens (tertiary/aromatic N) is 1. The zero-order valence-electron chi connectivity index (χ0n) is 9.79. The maximum absolute atomic E-state index is 11.8. The normalized spacial score (nSPS) is 9.71. The van der Waals surface area contributed by atoms with Crippen LogP contribution < -0.4 is 5.32 Å². The smallest absolute Gasteiger partial charge is 0.251 e. The van der Waals surface area contributed by atoms with Crippen LogP contribution in [0.1, 0.15) is 35.2 Å². The molecule has 0 saturated carbocycles. The summed E-state index contributed by atoms with van der Waals surface area (Å²) in [5.41, 5.74) is 1.40. The van der Waals surface area contributed by atoms with Crippen LogP contribution in [-0.2, 0) is 0 Å². The van der Waals surface area contributed by atoms with Crippen LogP contribution in [0.5, 0.6) is 0 Å². The lowest BCUT2D eigenvalue weighted by atomic mass is 10.1. The van der Waals surface area contributed by atoms with E-state index in [2.05, 4.69) is 11.4 Å². The second-order valence-electron chi connectivity index (χ2n) is 3.78. The average molecular weight is 251 g/mol. The van der Waals surface area contributed by atoms with Gasteiger partial charge >= 0.3 is 0 Å². The quantitative estimate of drug-likeness (QED) is 0.817. The first-order valence-corrected chi connectivity index (χ1v) is 5.95. The first kappa shape index (κ1) is 13.5. The monoisotopic (exact) mass is 250 g/mol. The average Bonchev–Trinajstić information content (AvgIpc) is 2.32. The highest BCUT2D eigenvalue weighted by atomic mass is 35.5. The minimum Gasteiger partial charge on any atom is -0.352 e. The molecular weight excluding hydrogens is 236 g/mol. The fourth-order valence-corrected chi connectivity index (χ4v) is 1.65. The van der Waals surface area contributed by atoms with Crippen molar-refractivity contribution in [3.05, 3.63) is 34.3 Å². The first-order chi connectivity index (χ1) is 8.16. The SMILES string of the molecule is Cc1c(Cl)cccc1C(=O)NCCCCC#N. The summed E-state index contributed by atoms with van der Waals surface area (Å²) in [7, 11) is 0. The molecule has 4 heteroatoms. The summed E-state index contributed by atoms with van der Waals surface area (Å²) in [5.74, 6) is -0.109. The Kier molecular flexibility index (Phi) is 5.51. The van der Waals surface area contributed by atoms with Crippen molar-refractivity contribution in [1.82, 2.24) is 5.32 Å². The lowest BCUT2D eigenvalue weighted by molar-refractivity contribution is 0.0952. The van der Waals surface area contributed by atoms with Gasteiger partial charge in [-0.1, -0.05) is 17.7 Å². The number of carbonyl (C=O) groups is 1. The molecule has 1 aromatic rings. The molecule has 0 saturated heterocycles. The van der Waals surface area contributed by atoms with Crippen LogP contribution in [-0.4, -0.2) is 12.5 Å². The molecule has 0 spiro atoms. The number of carbonyl (C=O) groups excluding carboxylic acids is 1. The van der Waals surface area contributed by atoms with E-state index in [1.165, 1.54) is 0 Å². The van der Waals surface area contributed by atoms with Crippen molar-refractivity contribution in [2.45, 2.75) is 26.2 Å². The lowest BCUT2D eigenvalue weighted by Gasteiger charge is -2.08. The lowest BCUT2D eigenvalue weighted by Crippen LogP contribution is -2.25. The highest BCUT2D eigenvalue weighted by Crippen LogP contribution is 2.18. The van der Waals surface area contributed by atoms with E-state index in [1.807, 2.05) is 6.92 Å². The largest absolute Gasteiger partial charge is 0.352 e. The van der Waals surface area contributed by atoms with Crippen LogP contribution in [0, 0.1) is 18.3 Å². The fourth-order valence-electron chi connectivity index (χ4n) is 1.48. The van der Waals surface area contributed by atoms with E-state index in [0.29, 0.717) is 23.6 Å². The Morgan fingerprint density at radius 3 is 2.94 bits per heavy atom. The van der Waals surface area contributed by atoms with Gasteiger partial charge in [-0.25, -0.2) is 0 Å². The Labute approximate surface area is 106 Å². The molecule has 0 heterocycles. The van der Waals surface area contributed by atoms with Crippen molar-refractivity contribution >= 4 is 17.5 Å². The molecule has 0 aliphatic heterocycles. The molecule has 0 unspecified atom stereocenters. The van der Waals surface area contributed by atoms with Gasteiger partial charge in [0.25, 0.3) is 5.91 Å². The molecule has 1 aromatic carbocycles. The molecule has 0 fully saturated rings. The van der Waals surface area contributed by atoms with Crippen LogP contribution in [0.25, 0.3) is 0 Å². The van der Waals surface area contributed by atoms with Gasteiger partial charge in [0.15, 0.2) is 0 Å². The highest BCUT2D eigenvalue weighted by molar-refractivity contribution is 6.31. The standard InChI is InChI=1S/C13H15ClN2O/c1-10-11(6-5-7-12(10)14)13(17)16-9-4-2-3-8-15/h5-7H,2-4,9H2,1H3,(H,16,17). The zero-order valence-corrected chi connectivity index (χ0v) is 10.5. The maximum Gasteiger partial charge on any atom is 0.251 e. The third-order valence-corrected chi connectivity index (χ3v) is 2.92. The van der Waals surface area contributed by atoms with Gasteiger partial charge in [0.05, 0.1) is 6.07 Å². The van der Waals surface area contributed by atoms with E-state index in [0.717, 1.165) is 18.4 Å². The molecule has 1 amide bonds. The van der Waals surface area contributed by atoms with Crippen LogP contribution in [0.2, 0.25) is 5.02 Å². The van der Waals surface area contributed by atoms with Gasteiger partial charge in [0.1, 0.15) is 0 Å². The minimum atomic E-state index is -0.109. The van der Waals surface area contributed by atoms with Gasteiger partial charge in [-0.15, -0.1) is 0 Å². The minimum absolute atomic E-state index is 0.109.